The van der Waals surface area contributed by atoms with Gasteiger partial charge in [0.2, 0.25) is 5.91 Å². The number of halogens is 2. The molecule has 0 radical (unpaired) electrons. The van der Waals surface area contributed by atoms with Gasteiger partial charge in [-0.3, -0.25) is 19.7 Å². The molecule has 2 amide bonds. The summed E-state index contributed by atoms with van der Waals surface area (Å²) in [6.07, 6.45) is 1.74. The molecule has 1 heterocycles. The fraction of sp³-hybridized carbons (Fsp3) is 0.556. The topological polar surface area (TPSA) is 105 Å². The van der Waals surface area contributed by atoms with E-state index in [0.717, 1.165) is 18.9 Å². The van der Waals surface area contributed by atoms with Crippen molar-refractivity contribution in [2.45, 2.75) is 38.8 Å². The van der Waals surface area contributed by atoms with Gasteiger partial charge >= 0.3 is 0 Å². The van der Waals surface area contributed by atoms with Crippen LogP contribution < -0.4 is 10.6 Å². The van der Waals surface area contributed by atoms with Crippen molar-refractivity contribution in [1.82, 2.24) is 15.5 Å². The van der Waals surface area contributed by atoms with E-state index in [9.17, 15) is 19.7 Å². The van der Waals surface area contributed by atoms with Crippen molar-refractivity contribution in [3.8, 4) is 0 Å². The second-order valence-corrected chi connectivity index (χ2v) is 7.41. The highest BCUT2D eigenvalue weighted by molar-refractivity contribution is 6.34. The van der Waals surface area contributed by atoms with Gasteiger partial charge in [-0.1, -0.05) is 25.4 Å². The van der Waals surface area contributed by atoms with Crippen molar-refractivity contribution in [3.05, 3.63) is 38.9 Å². The maximum atomic E-state index is 12.9. The first-order chi connectivity index (χ1) is 12.7. The minimum Gasteiger partial charge on any atom is -0.341 e. The first-order valence-electron chi connectivity index (χ1n) is 8.95. The molecule has 8 nitrogen and oxygen atoms in total. The van der Waals surface area contributed by atoms with Crippen molar-refractivity contribution >= 4 is 41.5 Å². The van der Waals surface area contributed by atoms with Gasteiger partial charge in [0.25, 0.3) is 11.6 Å². The van der Waals surface area contributed by atoms with Crippen LogP contribution in [0.2, 0.25) is 5.02 Å². The van der Waals surface area contributed by atoms with Crippen molar-refractivity contribution in [3.63, 3.8) is 0 Å². The SMILES string of the molecule is CNC1CCN(C(=O)C(NC(=O)c2ccc([N+](=O)[O-])cc2Cl)C(C)C)CC1.Cl. The van der Waals surface area contributed by atoms with E-state index >= 15 is 0 Å². The van der Waals surface area contributed by atoms with Crippen LogP contribution in [0.1, 0.15) is 37.0 Å². The van der Waals surface area contributed by atoms with Crippen LogP contribution in [0, 0.1) is 16.0 Å². The van der Waals surface area contributed by atoms with Gasteiger partial charge in [0.15, 0.2) is 0 Å². The molecule has 1 aliphatic heterocycles. The summed E-state index contributed by atoms with van der Waals surface area (Å²) in [6, 6.07) is 3.37. The van der Waals surface area contributed by atoms with E-state index in [2.05, 4.69) is 10.6 Å². The third kappa shape index (κ3) is 5.80. The number of benzene rings is 1. The lowest BCUT2D eigenvalue weighted by atomic mass is 9.99. The Morgan fingerprint density at radius 1 is 1.29 bits per heavy atom. The minimum atomic E-state index is -0.685. The predicted molar refractivity (Wildman–Crippen MR) is 110 cm³/mol. The molecular weight excluding hydrogens is 407 g/mol. The number of non-ortho nitro benzene ring substituents is 1. The van der Waals surface area contributed by atoms with E-state index in [4.69, 9.17) is 11.6 Å². The molecule has 10 heteroatoms. The number of piperidine rings is 1. The summed E-state index contributed by atoms with van der Waals surface area (Å²) in [4.78, 5) is 37.5. The monoisotopic (exact) mass is 432 g/mol. The van der Waals surface area contributed by atoms with Crippen molar-refractivity contribution in [1.29, 1.82) is 0 Å². The Morgan fingerprint density at radius 3 is 2.36 bits per heavy atom. The Kier molecular flexibility index (Phi) is 9.13. The highest BCUT2D eigenvalue weighted by Gasteiger charge is 2.31. The highest BCUT2D eigenvalue weighted by Crippen LogP contribution is 2.23. The number of likely N-dealkylation sites (tertiary alicyclic amines) is 1. The Hall–Kier alpha value is -1.90. The summed E-state index contributed by atoms with van der Waals surface area (Å²) in [5.74, 6) is -0.752. The van der Waals surface area contributed by atoms with Gasteiger partial charge in [0, 0.05) is 31.3 Å². The van der Waals surface area contributed by atoms with Crippen LogP contribution in [0.3, 0.4) is 0 Å². The summed E-state index contributed by atoms with van der Waals surface area (Å²) in [7, 11) is 1.91. The Balaban J connectivity index is 0.00000392. The van der Waals surface area contributed by atoms with Crippen molar-refractivity contribution < 1.29 is 14.5 Å². The molecular formula is C18H26Cl2N4O4. The molecule has 0 spiro atoms. The lowest BCUT2D eigenvalue weighted by Crippen LogP contribution is -2.54. The molecule has 1 aromatic rings. The van der Waals surface area contributed by atoms with Gasteiger partial charge in [0.1, 0.15) is 6.04 Å². The lowest BCUT2D eigenvalue weighted by molar-refractivity contribution is -0.384. The largest absolute Gasteiger partial charge is 0.341 e. The molecule has 1 saturated heterocycles. The first-order valence-corrected chi connectivity index (χ1v) is 9.33. The number of nitro benzene ring substituents is 1. The second-order valence-electron chi connectivity index (χ2n) is 7.00. The fourth-order valence-corrected chi connectivity index (χ4v) is 3.38. The quantitative estimate of drug-likeness (QED) is 0.530. The average molecular weight is 433 g/mol. The van der Waals surface area contributed by atoms with Crippen LogP contribution in [0.4, 0.5) is 5.69 Å². The molecule has 2 N–H and O–H groups in total. The summed E-state index contributed by atoms with van der Waals surface area (Å²) in [6.45, 7) is 5.00. The number of hydrogen-bond donors (Lipinski definition) is 2. The zero-order valence-corrected chi connectivity index (χ0v) is 17.7. The van der Waals surface area contributed by atoms with E-state index in [-0.39, 0.29) is 40.5 Å². The van der Waals surface area contributed by atoms with Crippen LogP contribution >= 0.6 is 24.0 Å². The second kappa shape index (κ2) is 10.6. The molecule has 0 bridgehead atoms. The number of nitrogens with one attached hydrogen (secondary N) is 2. The number of hydrogen-bond acceptors (Lipinski definition) is 5. The molecule has 0 aromatic heterocycles. The zero-order chi connectivity index (χ0) is 20.1. The highest BCUT2D eigenvalue weighted by atomic mass is 35.5. The van der Waals surface area contributed by atoms with Gasteiger partial charge in [-0.05, 0) is 31.9 Å². The molecule has 1 aliphatic rings. The number of nitrogens with zero attached hydrogens (tertiary/aromatic N) is 2. The number of nitro groups is 1. The Labute approximate surface area is 175 Å². The molecule has 2 rings (SSSR count). The summed E-state index contributed by atoms with van der Waals surface area (Å²) >= 11 is 6.02. The number of carbonyl (C=O) groups excluding carboxylic acids is 2. The van der Waals surface area contributed by atoms with Crippen LogP contribution in [0.5, 0.6) is 0 Å². The first kappa shape index (κ1) is 24.1. The predicted octanol–water partition coefficient (Wildman–Crippen LogP) is 2.63. The maximum Gasteiger partial charge on any atom is 0.270 e. The van der Waals surface area contributed by atoms with Crippen LogP contribution in [0.25, 0.3) is 0 Å². The summed E-state index contributed by atoms with van der Waals surface area (Å²) in [5.41, 5.74) is -0.0879. The van der Waals surface area contributed by atoms with Crippen LogP contribution in [-0.4, -0.2) is 53.9 Å². The van der Waals surface area contributed by atoms with Gasteiger partial charge < -0.3 is 15.5 Å². The molecule has 0 aliphatic carbocycles. The molecule has 0 saturated carbocycles. The lowest BCUT2D eigenvalue weighted by Gasteiger charge is -2.35. The smallest absolute Gasteiger partial charge is 0.270 e. The standard InChI is InChI=1S/C18H25ClN4O4.ClH/c1-11(2)16(18(25)22-8-6-12(20-3)7-9-22)21-17(24)14-5-4-13(23(26)27)10-15(14)19;/h4-5,10-12,16,20H,6-9H2,1-3H3,(H,21,24);1H. The number of rotatable bonds is 6. The van der Waals surface area contributed by atoms with E-state index in [1.165, 1.54) is 12.1 Å². The van der Waals surface area contributed by atoms with Gasteiger partial charge in [0.05, 0.1) is 15.5 Å². The van der Waals surface area contributed by atoms with Crippen LogP contribution in [-0.2, 0) is 4.79 Å². The molecule has 1 fully saturated rings. The Morgan fingerprint density at radius 2 is 1.89 bits per heavy atom. The average Bonchev–Trinajstić information content (AvgIpc) is 2.65. The van der Waals surface area contributed by atoms with Crippen LogP contribution in [0.15, 0.2) is 18.2 Å². The van der Waals surface area contributed by atoms with Gasteiger partial charge in [-0.2, -0.15) is 0 Å². The van der Waals surface area contributed by atoms with Gasteiger partial charge in [-0.15, -0.1) is 12.4 Å². The minimum absolute atomic E-state index is 0. The fourth-order valence-electron chi connectivity index (χ4n) is 3.12. The summed E-state index contributed by atoms with van der Waals surface area (Å²) < 4.78 is 0. The zero-order valence-electron chi connectivity index (χ0n) is 16.1. The normalized spacial score (nSPS) is 15.7. The Bertz CT molecular complexity index is 722. The van der Waals surface area contributed by atoms with Crippen molar-refractivity contribution in [2.24, 2.45) is 5.92 Å². The maximum absolute atomic E-state index is 12.9. The van der Waals surface area contributed by atoms with E-state index in [1.807, 2.05) is 20.9 Å². The third-order valence-corrected chi connectivity index (χ3v) is 5.16. The summed E-state index contributed by atoms with van der Waals surface area (Å²) in [5, 5.41) is 16.7. The van der Waals surface area contributed by atoms with E-state index in [1.54, 1.807) is 4.90 Å². The number of amides is 2. The molecule has 1 atom stereocenters. The van der Waals surface area contributed by atoms with Crippen molar-refractivity contribution in [2.75, 3.05) is 20.1 Å². The van der Waals surface area contributed by atoms with E-state index in [0.29, 0.717) is 19.1 Å². The molecule has 1 unspecified atom stereocenters. The van der Waals surface area contributed by atoms with Gasteiger partial charge in [-0.25, -0.2) is 0 Å². The third-order valence-electron chi connectivity index (χ3n) is 4.84. The molecule has 156 valence electrons. The van der Waals surface area contributed by atoms with E-state index < -0.39 is 16.9 Å². The number of carbonyl (C=O) groups is 2. The molecule has 28 heavy (non-hydrogen) atoms. The molecule has 1 aromatic carbocycles.